The van der Waals surface area contributed by atoms with Crippen molar-refractivity contribution in [2.45, 2.75) is 44.7 Å². The van der Waals surface area contributed by atoms with Crippen molar-refractivity contribution in [1.29, 1.82) is 0 Å². The largest absolute Gasteiger partial charge is 0.395 e. The molecule has 3 heteroatoms. The van der Waals surface area contributed by atoms with Crippen molar-refractivity contribution in [1.82, 2.24) is 10.2 Å². The van der Waals surface area contributed by atoms with E-state index in [1.54, 1.807) is 0 Å². The summed E-state index contributed by atoms with van der Waals surface area (Å²) in [6, 6.07) is 9.71. The van der Waals surface area contributed by atoms with Gasteiger partial charge >= 0.3 is 0 Å². The van der Waals surface area contributed by atoms with Crippen LogP contribution >= 0.6 is 0 Å². The minimum Gasteiger partial charge on any atom is -0.395 e. The number of nitrogens with zero attached hydrogens (tertiary/aromatic N) is 1. The van der Waals surface area contributed by atoms with Gasteiger partial charge in [-0.05, 0) is 44.4 Å². The second-order valence-corrected chi connectivity index (χ2v) is 5.83. The molecule has 0 spiro atoms. The molecule has 0 saturated heterocycles. The van der Waals surface area contributed by atoms with E-state index in [2.05, 4.69) is 41.4 Å². The van der Waals surface area contributed by atoms with Crippen LogP contribution in [0.5, 0.6) is 0 Å². The van der Waals surface area contributed by atoms with Gasteiger partial charge in [-0.1, -0.05) is 30.7 Å². The molecule has 0 aliphatic heterocycles. The standard InChI is InChI=1S/C17H28N2O/c1-14-6-3-4-9-16(14)17(18-2)10-11-19(12-13-20)15-7-5-8-15/h3-4,6,9,15,17-18,20H,5,7-8,10-13H2,1-2H3. The van der Waals surface area contributed by atoms with Gasteiger partial charge in [0, 0.05) is 25.2 Å². The van der Waals surface area contributed by atoms with Crippen LogP contribution in [-0.4, -0.2) is 42.8 Å². The molecule has 1 unspecified atom stereocenters. The summed E-state index contributed by atoms with van der Waals surface area (Å²) < 4.78 is 0. The zero-order chi connectivity index (χ0) is 14.4. The van der Waals surface area contributed by atoms with Gasteiger partial charge in [-0.15, -0.1) is 0 Å². The third kappa shape index (κ3) is 3.81. The Labute approximate surface area is 123 Å². The molecule has 0 aromatic heterocycles. The Kier molecular flexibility index (Phi) is 6.02. The highest BCUT2D eigenvalue weighted by Gasteiger charge is 2.25. The molecule has 1 saturated carbocycles. The first kappa shape index (κ1) is 15.5. The van der Waals surface area contributed by atoms with E-state index in [1.165, 1.54) is 30.4 Å². The van der Waals surface area contributed by atoms with E-state index in [9.17, 15) is 5.11 Å². The molecule has 20 heavy (non-hydrogen) atoms. The van der Waals surface area contributed by atoms with Gasteiger partial charge in [-0.25, -0.2) is 0 Å². The molecule has 0 radical (unpaired) electrons. The van der Waals surface area contributed by atoms with Crippen molar-refractivity contribution in [3.8, 4) is 0 Å². The summed E-state index contributed by atoms with van der Waals surface area (Å²) in [4.78, 5) is 2.46. The van der Waals surface area contributed by atoms with Gasteiger partial charge in [0.1, 0.15) is 0 Å². The highest BCUT2D eigenvalue weighted by Crippen LogP contribution is 2.26. The predicted octanol–water partition coefficient (Wildman–Crippen LogP) is 2.49. The van der Waals surface area contributed by atoms with E-state index in [4.69, 9.17) is 0 Å². The average molecular weight is 276 g/mol. The maximum absolute atomic E-state index is 9.23. The molecule has 3 nitrogen and oxygen atoms in total. The summed E-state index contributed by atoms with van der Waals surface area (Å²) in [7, 11) is 2.04. The minimum atomic E-state index is 0.269. The fourth-order valence-electron chi connectivity index (χ4n) is 3.09. The molecule has 1 atom stereocenters. The Hall–Kier alpha value is -0.900. The molecule has 0 bridgehead atoms. The Morgan fingerprint density at radius 1 is 1.30 bits per heavy atom. The van der Waals surface area contributed by atoms with Crippen LogP contribution < -0.4 is 5.32 Å². The van der Waals surface area contributed by atoms with E-state index in [-0.39, 0.29) is 6.61 Å². The highest BCUT2D eigenvalue weighted by atomic mass is 16.3. The van der Waals surface area contributed by atoms with Crippen LogP contribution in [0.2, 0.25) is 0 Å². The summed E-state index contributed by atoms with van der Waals surface area (Å²) >= 11 is 0. The first-order valence-corrected chi connectivity index (χ1v) is 7.84. The number of hydrogen-bond donors (Lipinski definition) is 2. The van der Waals surface area contributed by atoms with Crippen LogP contribution in [0.4, 0.5) is 0 Å². The van der Waals surface area contributed by atoms with E-state index in [0.717, 1.165) is 19.5 Å². The first-order chi connectivity index (χ1) is 9.76. The van der Waals surface area contributed by atoms with Gasteiger partial charge in [-0.2, -0.15) is 0 Å². The number of rotatable bonds is 8. The van der Waals surface area contributed by atoms with Gasteiger partial charge in [-0.3, -0.25) is 4.90 Å². The number of aliphatic hydroxyl groups excluding tert-OH is 1. The van der Waals surface area contributed by atoms with Crippen LogP contribution in [0.25, 0.3) is 0 Å². The quantitative estimate of drug-likeness (QED) is 0.766. The molecule has 1 aromatic carbocycles. The fraction of sp³-hybridized carbons (Fsp3) is 0.647. The Bertz CT molecular complexity index is 404. The summed E-state index contributed by atoms with van der Waals surface area (Å²) in [6.07, 6.45) is 5.04. The third-order valence-electron chi connectivity index (χ3n) is 4.60. The van der Waals surface area contributed by atoms with E-state index in [1.807, 2.05) is 7.05 Å². The molecule has 0 heterocycles. The van der Waals surface area contributed by atoms with Crippen molar-refractivity contribution >= 4 is 0 Å². The number of aryl methyl sites for hydroxylation is 1. The van der Waals surface area contributed by atoms with Gasteiger partial charge in [0.2, 0.25) is 0 Å². The molecular weight excluding hydrogens is 248 g/mol. The molecule has 2 N–H and O–H groups in total. The smallest absolute Gasteiger partial charge is 0.0558 e. The normalized spacial score (nSPS) is 17.2. The Balaban J connectivity index is 1.93. The second kappa shape index (κ2) is 7.77. The minimum absolute atomic E-state index is 0.269. The summed E-state index contributed by atoms with van der Waals surface area (Å²) in [5.74, 6) is 0. The average Bonchev–Trinajstić information content (AvgIpc) is 2.39. The van der Waals surface area contributed by atoms with Crippen LogP contribution in [0.1, 0.15) is 42.9 Å². The summed E-state index contributed by atoms with van der Waals surface area (Å²) in [6.45, 7) is 4.32. The summed E-state index contributed by atoms with van der Waals surface area (Å²) in [5.41, 5.74) is 2.75. The molecule has 112 valence electrons. The van der Waals surface area contributed by atoms with Crippen molar-refractivity contribution in [3.05, 3.63) is 35.4 Å². The number of aliphatic hydroxyl groups is 1. The molecular formula is C17H28N2O. The third-order valence-corrected chi connectivity index (χ3v) is 4.60. The van der Waals surface area contributed by atoms with Crippen LogP contribution in [-0.2, 0) is 0 Å². The molecule has 2 rings (SSSR count). The van der Waals surface area contributed by atoms with E-state index in [0.29, 0.717) is 12.1 Å². The maximum atomic E-state index is 9.23. The van der Waals surface area contributed by atoms with Crippen molar-refractivity contribution in [2.75, 3.05) is 26.7 Å². The van der Waals surface area contributed by atoms with E-state index < -0.39 is 0 Å². The summed E-state index contributed by atoms with van der Waals surface area (Å²) in [5, 5.41) is 12.7. The van der Waals surface area contributed by atoms with Crippen LogP contribution in [0.3, 0.4) is 0 Å². The lowest BCUT2D eigenvalue weighted by Crippen LogP contribution is -2.43. The lowest BCUT2D eigenvalue weighted by atomic mass is 9.90. The lowest BCUT2D eigenvalue weighted by molar-refractivity contribution is 0.0971. The fourth-order valence-corrected chi connectivity index (χ4v) is 3.09. The van der Waals surface area contributed by atoms with Crippen LogP contribution in [0, 0.1) is 6.92 Å². The zero-order valence-electron chi connectivity index (χ0n) is 12.8. The van der Waals surface area contributed by atoms with Gasteiger partial charge < -0.3 is 10.4 Å². The van der Waals surface area contributed by atoms with Crippen molar-refractivity contribution in [2.24, 2.45) is 0 Å². The highest BCUT2D eigenvalue weighted by molar-refractivity contribution is 5.28. The monoisotopic (exact) mass is 276 g/mol. The SMILES string of the molecule is CNC(CCN(CCO)C1CCC1)c1ccccc1C. The van der Waals surface area contributed by atoms with Crippen molar-refractivity contribution < 1.29 is 5.11 Å². The van der Waals surface area contributed by atoms with E-state index >= 15 is 0 Å². The van der Waals surface area contributed by atoms with Gasteiger partial charge in [0.05, 0.1) is 6.61 Å². The predicted molar refractivity (Wildman–Crippen MR) is 83.9 cm³/mol. The lowest BCUT2D eigenvalue weighted by Gasteiger charge is -2.38. The van der Waals surface area contributed by atoms with Gasteiger partial charge in [0.25, 0.3) is 0 Å². The maximum Gasteiger partial charge on any atom is 0.0558 e. The Morgan fingerprint density at radius 2 is 2.05 bits per heavy atom. The molecule has 1 aliphatic carbocycles. The number of hydrogen-bond acceptors (Lipinski definition) is 3. The number of benzene rings is 1. The Morgan fingerprint density at radius 3 is 2.60 bits per heavy atom. The number of nitrogens with one attached hydrogen (secondary N) is 1. The van der Waals surface area contributed by atoms with Crippen molar-refractivity contribution in [3.63, 3.8) is 0 Å². The topological polar surface area (TPSA) is 35.5 Å². The first-order valence-electron chi connectivity index (χ1n) is 7.84. The molecule has 1 fully saturated rings. The molecule has 0 amide bonds. The zero-order valence-corrected chi connectivity index (χ0v) is 12.8. The molecule has 1 aromatic rings. The molecule has 1 aliphatic rings. The van der Waals surface area contributed by atoms with Crippen LogP contribution in [0.15, 0.2) is 24.3 Å². The van der Waals surface area contributed by atoms with Gasteiger partial charge in [0.15, 0.2) is 0 Å². The second-order valence-electron chi connectivity index (χ2n) is 5.83.